The van der Waals surface area contributed by atoms with Crippen LogP contribution in [0.15, 0.2) is 12.1 Å². The lowest BCUT2D eigenvalue weighted by molar-refractivity contribution is -0.128. The quantitative estimate of drug-likeness (QED) is 0.802. The highest BCUT2D eigenvalue weighted by atomic mass is 16.5. The summed E-state index contributed by atoms with van der Waals surface area (Å²) < 4.78 is 5.17. The number of hydrogen-bond donors (Lipinski definition) is 0. The van der Waals surface area contributed by atoms with Crippen LogP contribution in [0.25, 0.3) is 4.85 Å². The molecule has 2 rings (SSSR count). The topological polar surface area (TPSA) is 43.5 Å². The van der Waals surface area contributed by atoms with E-state index < -0.39 is 6.04 Å². The van der Waals surface area contributed by atoms with Gasteiger partial charge in [0.25, 0.3) is 6.04 Å². The fourth-order valence-electron chi connectivity index (χ4n) is 3.07. The molecule has 0 spiro atoms. The number of ketones is 1. The molecular weight excluding hydrogens is 264 g/mol. The van der Waals surface area contributed by atoms with E-state index in [1.54, 1.807) is 7.11 Å². The summed E-state index contributed by atoms with van der Waals surface area (Å²) in [5.74, 6) is 1.20. The Balaban J connectivity index is 2.28. The fraction of sp³-hybridized carbons (Fsp3) is 0.588. The van der Waals surface area contributed by atoms with Crippen molar-refractivity contribution in [1.82, 2.24) is 4.98 Å². The van der Waals surface area contributed by atoms with Crippen molar-refractivity contribution < 1.29 is 9.53 Å². The lowest BCUT2D eigenvalue weighted by Gasteiger charge is -2.33. The first-order valence-corrected chi connectivity index (χ1v) is 7.38. The van der Waals surface area contributed by atoms with Crippen LogP contribution >= 0.6 is 0 Å². The number of rotatable bonds is 3. The summed E-state index contributed by atoms with van der Waals surface area (Å²) in [5.41, 5.74) is 1.96. The highest BCUT2D eigenvalue weighted by Crippen LogP contribution is 2.36. The molecule has 1 aromatic rings. The molecule has 1 aliphatic carbocycles. The number of hydrogen-bond acceptors (Lipinski definition) is 3. The van der Waals surface area contributed by atoms with Gasteiger partial charge >= 0.3 is 0 Å². The molecule has 0 saturated heterocycles. The van der Waals surface area contributed by atoms with Gasteiger partial charge in [0.05, 0.1) is 7.11 Å². The summed E-state index contributed by atoms with van der Waals surface area (Å²) in [7, 11) is 1.59. The van der Waals surface area contributed by atoms with E-state index in [0.717, 1.165) is 11.3 Å². The number of aryl methyl sites for hydroxylation is 1. The molecule has 2 unspecified atom stereocenters. The molecule has 1 heterocycles. The number of pyridine rings is 1. The SMILES string of the molecule is [C-]#[N+]C1CC(C)[C@@H](C)[C@H](Cc2nc(OC)ccc2C)C1=O. The molecule has 0 bridgehead atoms. The molecule has 0 N–H and O–H groups in total. The summed E-state index contributed by atoms with van der Waals surface area (Å²) in [6, 6.07) is 3.32. The molecule has 4 nitrogen and oxygen atoms in total. The van der Waals surface area contributed by atoms with Crippen molar-refractivity contribution in [3.8, 4) is 5.88 Å². The maximum absolute atomic E-state index is 12.5. The molecule has 1 fully saturated rings. The summed E-state index contributed by atoms with van der Waals surface area (Å²) in [6.07, 6.45) is 1.28. The van der Waals surface area contributed by atoms with Crippen LogP contribution in [0.5, 0.6) is 5.88 Å². The highest BCUT2D eigenvalue weighted by molar-refractivity contribution is 5.89. The summed E-state index contributed by atoms with van der Waals surface area (Å²) in [5, 5.41) is 0. The molecule has 0 aromatic carbocycles. The second-order valence-corrected chi connectivity index (χ2v) is 6.05. The Hall–Kier alpha value is -1.89. The summed E-state index contributed by atoms with van der Waals surface area (Å²) in [4.78, 5) is 20.5. The zero-order valence-corrected chi connectivity index (χ0v) is 13.1. The van der Waals surface area contributed by atoms with Crippen LogP contribution in [0.2, 0.25) is 0 Å². The van der Waals surface area contributed by atoms with E-state index in [0.29, 0.717) is 24.6 Å². The second-order valence-electron chi connectivity index (χ2n) is 6.05. The molecule has 112 valence electrons. The summed E-state index contributed by atoms with van der Waals surface area (Å²) >= 11 is 0. The van der Waals surface area contributed by atoms with E-state index in [-0.39, 0.29) is 17.6 Å². The first-order valence-electron chi connectivity index (χ1n) is 7.38. The van der Waals surface area contributed by atoms with Crippen molar-refractivity contribution in [2.75, 3.05) is 7.11 Å². The number of carbonyl (C=O) groups is 1. The zero-order chi connectivity index (χ0) is 15.6. The van der Waals surface area contributed by atoms with Crippen molar-refractivity contribution in [2.24, 2.45) is 17.8 Å². The van der Waals surface area contributed by atoms with Gasteiger partial charge in [0.2, 0.25) is 11.7 Å². The Morgan fingerprint density at radius 2 is 2.14 bits per heavy atom. The van der Waals surface area contributed by atoms with Gasteiger partial charge in [-0.3, -0.25) is 4.79 Å². The minimum Gasteiger partial charge on any atom is -0.481 e. The predicted molar refractivity (Wildman–Crippen MR) is 81.1 cm³/mol. The van der Waals surface area contributed by atoms with Crippen LogP contribution in [0, 0.1) is 31.2 Å². The number of Topliss-reactive ketones (excluding diaryl/α,β-unsaturated/α-hetero) is 1. The Morgan fingerprint density at radius 1 is 1.43 bits per heavy atom. The van der Waals surface area contributed by atoms with E-state index >= 15 is 0 Å². The van der Waals surface area contributed by atoms with Gasteiger partial charge in [-0.1, -0.05) is 19.9 Å². The van der Waals surface area contributed by atoms with Gasteiger partial charge < -0.3 is 9.58 Å². The maximum Gasteiger partial charge on any atom is 0.281 e. The van der Waals surface area contributed by atoms with E-state index in [1.165, 1.54) is 0 Å². The zero-order valence-electron chi connectivity index (χ0n) is 13.1. The van der Waals surface area contributed by atoms with Gasteiger partial charge in [-0.05, 0) is 24.3 Å². The minimum atomic E-state index is -0.480. The Bertz CT molecular complexity index is 577. The van der Waals surface area contributed by atoms with Crippen molar-refractivity contribution in [1.29, 1.82) is 0 Å². The first-order chi connectivity index (χ1) is 9.97. The number of nitrogens with zero attached hydrogens (tertiary/aromatic N) is 2. The maximum atomic E-state index is 12.5. The Morgan fingerprint density at radius 3 is 2.76 bits per heavy atom. The molecule has 1 aliphatic rings. The Kier molecular flexibility index (Phi) is 4.62. The molecular formula is C17H22N2O2. The fourth-order valence-corrected chi connectivity index (χ4v) is 3.07. The third-order valence-corrected chi connectivity index (χ3v) is 4.78. The molecule has 21 heavy (non-hydrogen) atoms. The number of methoxy groups -OCH3 is 1. The second kappa shape index (κ2) is 6.26. The average molecular weight is 286 g/mol. The van der Waals surface area contributed by atoms with Gasteiger partial charge in [0.1, 0.15) is 0 Å². The van der Waals surface area contributed by atoms with Crippen LogP contribution in [-0.2, 0) is 11.2 Å². The number of carbonyl (C=O) groups excluding carboxylic acids is 1. The van der Waals surface area contributed by atoms with Crippen LogP contribution in [0.1, 0.15) is 31.5 Å². The highest BCUT2D eigenvalue weighted by Gasteiger charge is 2.43. The van der Waals surface area contributed by atoms with Crippen LogP contribution in [-0.4, -0.2) is 23.9 Å². The standard InChI is InChI=1S/C17H22N2O2/c1-10-6-7-16(21-5)19-14(10)9-13-12(3)11(2)8-15(18-4)17(13)20/h6-7,11-13,15H,8-9H2,1-3,5H3/t11?,12-,13+,15?/m1/s1. The molecule has 1 saturated carbocycles. The molecule has 4 heteroatoms. The number of ether oxygens (including phenoxy) is 1. The third-order valence-electron chi connectivity index (χ3n) is 4.78. The van der Waals surface area contributed by atoms with Crippen LogP contribution in [0.4, 0.5) is 0 Å². The first kappa shape index (κ1) is 15.5. The van der Waals surface area contributed by atoms with Gasteiger partial charge in [-0.25, -0.2) is 11.6 Å². The van der Waals surface area contributed by atoms with Gasteiger partial charge in [0.15, 0.2) is 0 Å². The lowest BCUT2D eigenvalue weighted by atomic mass is 9.69. The van der Waals surface area contributed by atoms with Gasteiger partial charge in [-0.15, -0.1) is 0 Å². The normalized spacial score (nSPS) is 29.0. The molecule has 1 aromatic heterocycles. The largest absolute Gasteiger partial charge is 0.481 e. The van der Waals surface area contributed by atoms with Crippen LogP contribution in [0.3, 0.4) is 0 Å². The minimum absolute atomic E-state index is 0.0830. The summed E-state index contributed by atoms with van der Waals surface area (Å²) in [6.45, 7) is 13.5. The molecule has 0 amide bonds. The third kappa shape index (κ3) is 3.07. The van der Waals surface area contributed by atoms with E-state index in [4.69, 9.17) is 11.3 Å². The van der Waals surface area contributed by atoms with Crippen LogP contribution < -0.4 is 4.74 Å². The molecule has 4 atom stereocenters. The lowest BCUT2D eigenvalue weighted by Crippen LogP contribution is -2.41. The van der Waals surface area contributed by atoms with E-state index in [2.05, 4.69) is 23.7 Å². The number of aromatic nitrogens is 1. The molecule has 0 radical (unpaired) electrons. The van der Waals surface area contributed by atoms with Crippen molar-refractivity contribution in [3.63, 3.8) is 0 Å². The molecule has 0 aliphatic heterocycles. The van der Waals surface area contributed by atoms with Crippen molar-refractivity contribution >= 4 is 5.78 Å². The smallest absolute Gasteiger partial charge is 0.281 e. The predicted octanol–water partition coefficient (Wildman–Crippen LogP) is 3.09. The monoisotopic (exact) mass is 286 g/mol. The average Bonchev–Trinajstić information content (AvgIpc) is 2.49. The van der Waals surface area contributed by atoms with E-state index in [9.17, 15) is 4.79 Å². The van der Waals surface area contributed by atoms with Gasteiger partial charge in [-0.2, -0.15) is 0 Å². The van der Waals surface area contributed by atoms with Gasteiger partial charge in [0, 0.05) is 30.5 Å². The van der Waals surface area contributed by atoms with Crippen molar-refractivity contribution in [3.05, 3.63) is 34.8 Å². The Labute approximate surface area is 126 Å². The van der Waals surface area contributed by atoms with E-state index in [1.807, 2.05) is 19.1 Å². The van der Waals surface area contributed by atoms with Crippen molar-refractivity contribution in [2.45, 2.75) is 39.7 Å².